The van der Waals surface area contributed by atoms with Crippen LogP contribution in [0.15, 0.2) is 36.4 Å². The zero-order valence-corrected chi connectivity index (χ0v) is 19.8. The highest BCUT2D eigenvalue weighted by molar-refractivity contribution is 5.92. The van der Waals surface area contributed by atoms with Gasteiger partial charge in [-0.05, 0) is 53.8 Å². The Hall–Kier alpha value is -3.06. The molecular formula is C26H32N2O5. The monoisotopic (exact) mass is 452 g/mol. The van der Waals surface area contributed by atoms with Gasteiger partial charge in [0.2, 0.25) is 0 Å². The average molecular weight is 453 g/mol. The third-order valence-corrected chi connectivity index (χ3v) is 6.76. The minimum Gasteiger partial charge on any atom is -0.496 e. The van der Waals surface area contributed by atoms with Crippen molar-refractivity contribution in [3.05, 3.63) is 58.7 Å². The molecule has 1 spiro atoms. The van der Waals surface area contributed by atoms with E-state index in [0.29, 0.717) is 18.2 Å². The molecule has 2 aliphatic rings. The fourth-order valence-electron chi connectivity index (χ4n) is 4.92. The number of piperidine rings is 1. The van der Waals surface area contributed by atoms with Gasteiger partial charge >= 0.3 is 12.1 Å². The zero-order chi connectivity index (χ0) is 23.8. The third-order valence-electron chi connectivity index (χ3n) is 6.76. The zero-order valence-electron chi connectivity index (χ0n) is 19.8. The molecule has 0 bridgehead atoms. The van der Waals surface area contributed by atoms with Gasteiger partial charge in [-0.15, -0.1) is 0 Å². The van der Waals surface area contributed by atoms with Crippen LogP contribution in [0.3, 0.4) is 0 Å². The van der Waals surface area contributed by atoms with Gasteiger partial charge < -0.3 is 14.6 Å². The van der Waals surface area contributed by atoms with Gasteiger partial charge in [0.25, 0.3) is 0 Å². The van der Waals surface area contributed by atoms with Gasteiger partial charge in [0.05, 0.1) is 19.2 Å². The SMILES string of the molecule is COc1c(C)cc(CN2CCC3(CC2)CN(c2ccc(C(=O)O)cc2)C(=O)O3)cc1C(C)C. The highest BCUT2D eigenvalue weighted by atomic mass is 16.6. The number of hydrogen-bond acceptors (Lipinski definition) is 5. The van der Waals surface area contributed by atoms with Crippen molar-refractivity contribution in [2.24, 2.45) is 0 Å². The van der Waals surface area contributed by atoms with Gasteiger partial charge in [-0.1, -0.05) is 26.0 Å². The Morgan fingerprint density at radius 3 is 2.42 bits per heavy atom. The molecule has 2 fully saturated rings. The topological polar surface area (TPSA) is 79.3 Å². The van der Waals surface area contributed by atoms with E-state index in [0.717, 1.165) is 43.8 Å². The summed E-state index contributed by atoms with van der Waals surface area (Å²) >= 11 is 0. The van der Waals surface area contributed by atoms with Gasteiger partial charge in [0, 0.05) is 38.2 Å². The molecule has 2 heterocycles. The lowest BCUT2D eigenvalue weighted by Gasteiger charge is -2.37. The maximum Gasteiger partial charge on any atom is 0.415 e. The Balaban J connectivity index is 1.41. The van der Waals surface area contributed by atoms with E-state index >= 15 is 0 Å². The van der Waals surface area contributed by atoms with Crippen LogP contribution < -0.4 is 9.64 Å². The van der Waals surface area contributed by atoms with Gasteiger partial charge in [-0.25, -0.2) is 9.59 Å². The Morgan fingerprint density at radius 1 is 1.18 bits per heavy atom. The molecule has 33 heavy (non-hydrogen) atoms. The minimum absolute atomic E-state index is 0.198. The number of benzene rings is 2. The van der Waals surface area contributed by atoms with Crippen LogP contribution in [0.25, 0.3) is 0 Å². The van der Waals surface area contributed by atoms with Crippen LogP contribution in [-0.4, -0.2) is 54.4 Å². The number of amides is 1. The molecular weight excluding hydrogens is 420 g/mol. The fourth-order valence-corrected chi connectivity index (χ4v) is 4.92. The molecule has 176 valence electrons. The average Bonchev–Trinajstić information content (AvgIpc) is 3.11. The molecule has 0 aliphatic carbocycles. The van der Waals surface area contributed by atoms with E-state index in [1.165, 1.54) is 23.3 Å². The summed E-state index contributed by atoms with van der Waals surface area (Å²) in [6.07, 6.45) is 1.18. The largest absolute Gasteiger partial charge is 0.496 e. The number of carboxylic acids is 1. The number of ether oxygens (including phenoxy) is 2. The Morgan fingerprint density at radius 2 is 1.85 bits per heavy atom. The molecule has 1 N–H and O–H groups in total. The second kappa shape index (κ2) is 9.06. The van der Waals surface area contributed by atoms with Crippen molar-refractivity contribution in [2.45, 2.75) is 51.7 Å². The first-order chi connectivity index (χ1) is 15.7. The summed E-state index contributed by atoms with van der Waals surface area (Å²) in [7, 11) is 1.73. The summed E-state index contributed by atoms with van der Waals surface area (Å²) in [5.41, 5.74) is 4.04. The molecule has 7 nitrogen and oxygen atoms in total. The van der Waals surface area contributed by atoms with Crippen LogP contribution in [0, 0.1) is 6.92 Å². The van der Waals surface area contributed by atoms with Crippen molar-refractivity contribution in [3.63, 3.8) is 0 Å². The predicted octanol–water partition coefficient (Wildman–Crippen LogP) is 4.82. The Labute approximate surface area is 194 Å². The van der Waals surface area contributed by atoms with Crippen molar-refractivity contribution in [1.29, 1.82) is 0 Å². The second-order valence-corrected chi connectivity index (χ2v) is 9.46. The number of nitrogens with zero attached hydrogens (tertiary/aromatic N) is 2. The van der Waals surface area contributed by atoms with Crippen LogP contribution in [0.2, 0.25) is 0 Å². The summed E-state index contributed by atoms with van der Waals surface area (Å²) in [6.45, 7) is 9.50. The van der Waals surface area contributed by atoms with E-state index in [1.807, 2.05) is 0 Å². The normalized spacial score (nSPS) is 18.1. The molecule has 0 saturated carbocycles. The molecule has 0 atom stereocenters. The quantitative estimate of drug-likeness (QED) is 0.677. The second-order valence-electron chi connectivity index (χ2n) is 9.46. The molecule has 2 aromatic carbocycles. The summed E-state index contributed by atoms with van der Waals surface area (Å²) < 4.78 is 11.5. The lowest BCUT2D eigenvalue weighted by atomic mass is 9.90. The number of likely N-dealkylation sites (tertiary alicyclic amines) is 1. The summed E-state index contributed by atoms with van der Waals surface area (Å²) in [4.78, 5) is 27.7. The van der Waals surface area contributed by atoms with E-state index in [2.05, 4.69) is 37.8 Å². The van der Waals surface area contributed by atoms with E-state index in [4.69, 9.17) is 14.6 Å². The van der Waals surface area contributed by atoms with E-state index in [1.54, 1.807) is 24.1 Å². The number of aryl methyl sites for hydroxylation is 1. The number of rotatable bonds is 6. The number of aromatic carboxylic acids is 1. The molecule has 1 amide bonds. The number of carbonyl (C=O) groups is 2. The number of hydrogen-bond donors (Lipinski definition) is 1. The summed E-state index contributed by atoms with van der Waals surface area (Å²) in [6, 6.07) is 10.8. The third kappa shape index (κ3) is 4.69. The standard InChI is InChI=1S/C26H32N2O5/c1-17(2)22-14-19(13-18(3)23(22)32-4)15-27-11-9-26(10-12-27)16-28(25(31)33-26)21-7-5-20(6-8-21)24(29)30/h5-8,13-14,17H,9-12,15-16H2,1-4H3,(H,29,30). The van der Waals surface area contributed by atoms with E-state index in [9.17, 15) is 9.59 Å². The first kappa shape index (κ1) is 23.1. The van der Waals surface area contributed by atoms with Crippen LogP contribution in [-0.2, 0) is 11.3 Å². The van der Waals surface area contributed by atoms with Crippen molar-refractivity contribution in [2.75, 3.05) is 31.6 Å². The van der Waals surface area contributed by atoms with Gasteiger partial charge in [-0.2, -0.15) is 0 Å². The Kier molecular flexibility index (Phi) is 6.34. The highest BCUT2D eigenvalue weighted by Gasteiger charge is 2.47. The molecule has 0 radical (unpaired) electrons. The molecule has 0 unspecified atom stereocenters. The molecule has 2 aromatic rings. The van der Waals surface area contributed by atoms with Crippen LogP contribution >= 0.6 is 0 Å². The minimum atomic E-state index is -0.984. The highest BCUT2D eigenvalue weighted by Crippen LogP contribution is 2.37. The fraction of sp³-hybridized carbons (Fsp3) is 0.462. The smallest absolute Gasteiger partial charge is 0.415 e. The lowest BCUT2D eigenvalue weighted by Crippen LogP contribution is -2.46. The molecule has 7 heteroatoms. The van der Waals surface area contributed by atoms with Crippen LogP contribution in [0.1, 0.15) is 59.7 Å². The molecule has 2 saturated heterocycles. The molecule has 2 aliphatic heterocycles. The number of carbonyl (C=O) groups excluding carboxylic acids is 1. The first-order valence-electron chi connectivity index (χ1n) is 11.4. The van der Waals surface area contributed by atoms with Crippen LogP contribution in [0.5, 0.6) is 5.75 Å². The van der Waals surface area contributed by atoms with Crippen molar-refractivity contribution < 1.29 is 24.2 Å². The predicted molar refractivity (Wildman–Crippen MR) is 126 cm³/mol. The van der Waals surface area contributed by atoms with Crippen molar-refractivity contribution in [1.82, 2.24) is 4.90 Å². The van der Waals surface area contributed by atoms with Gasteiger partial charge in [0.15, 0.2) is 0 Å². The summed E-state index contributed by atoms with van der Waals surface area (Å²) in [5, 5.41) is 9.09. The maximum absolute atomic E-state index is 12.6. The molecule has 4 rings (SSSR count). The van der Waals surface area contributed by atoms with Crippen LogP contribution in [0.4, 0.5) is 10.5 Å². The van der Waals surface area contributed by atoms with Gasteiger partial charge in [0.1, 0.15) is 11.4 Å². The van der Waals surface area contributed by atoms with Crippen molar-refractivity contribution >= 4 is 17.7 Å². The lowest BCUT2D eigenvalue weighted by molar-refractivity contribution is -0.000989. The van der Waals surface area contributed by atoms with E-state index in [-0.39, 0.29) is 11.7 Å². The number of carboxylic acid groups (broad SMARTS) is 1. The first-order valence-corrected chi connectivity index (χ1v) is 11.4. The summed E-state index contributed by atoms with van der Waals surface area (Å²) in [5.74, 6) is 0.374. The Bertz CT molecular complexity index is 1040. The maximum atomic E-state index is 12.6. The number of anilines is 1. The van der Waals surface area contributed by atoms with Gasteiger partial charge in [-0.3, -0.25) is 9.80 Å². The molecule has 0 aromatic heterocycles. The van der Waals surface area contributed by atoms with E-state index < -0.39 is 11.6 Å². The van der Waals surface area contributed by atoms with Crippen molar-refractivity contribution in [3.8, 4) is 5.75 Å². The number of methoxy groups -OCH3 is 1.